The first-order chi connectivity index (χ1) is 18.1. The van der Waals surface area contributed by atoms with Crippen molar-refractivity contribution in [3.05, 3.63) is 70.4 Å². The van der Waals surface area contributed by atoms with Crippen molar-refractivity contribution in [3.8, 4) is 0 Å². The van der Waals surface area contributed by atoms with Gasteiger partial charge in [0.25, 0.3) is 5.91 Å². The molecule has 3 aliphatic rings. The average molecular weight is 525 g/mol. The standard InChI is InChI=1S/C28H31F3N6O/c1-26(6-3-7-26)33-15-18-11-20-21(22(12-18)28(29,30)31)16-37(25(20)38)23-13-19(5-10-32-23)27(8-4-9-27)14-24-35-34-17-36(24)2/h5,10-13,17,33H,3-4,6-9,14-16H2,1-2H3. The first kappa shape index (κ1) is 25.0. The number of alkyl halides is 3. The molecule has 10 heteroatoms. The van der Waals surface area contributed by atoms with Crippen molar-refractivity contribution in [2.24, 2.45) is 7.05 Å². The summed E-state index contributed by atoms with van der Waals surface area (Å²) in [6.45, 7) is 2.22. The molecule has 3 aromatic rings. The molecule has 6 rings (SSSR count). The second-order valence-corrected chi connectivity index (χ2v) is 11.4. The molecule has 0 spiro atoms. The molecule has 7 nitrogen and oxygen atoms in total. The summed E-state index contributed by atoms with van der Waals surface area (Å²) in [5.41, 5.74) is 0.677. The van der Waals surface area contributed by atoms with E-state index in [-0.39, 0.29) is 28.6 Å². The van der Waals surface area contributed by atoms with Gasteiger partial charge < -0.3 is 9.88 Å². The van der Waals surface area contributed by atoms with E-state index in [4.69, 9.17) is 0 Å². The average Bonchev–Trinajstić information content (AvgIpc) is 3.40. The van der Waals surface area contributed by atoms with Crippen LogP contribution in [0.5, 0.6) is 0 Å². The third-order valence-electron chi connectivity index (χ3n) is 8.83. The van der Waals surface area contributed by atoms with Gasteiger partial charge in [-0.25, -0.2) is 4.98 Å². The molecular formula is C28H31F3N6O. The van der Waals surface area contributed by atoms with E-state index in [1.807, 2.05) is 23.7 Å². The lowest BCUT2D eigenvalue weighted by molar-refractivity contribution is -0.138. The molecule has 2 aliphatic carbocycles. The van der Waals surface area contributed by atoms with E-state index in [9.17, 15) is 18.0 Å². The minimum Gasteiger partial charge on any atom is -0.321 e. The number of pyridine rings is 1. The van der Waals surface area contributed by atoms with E-state index in [2.05, 4.69) is 27.4 Å². The summed E-state index contributed by atoms with van der Waals surface area (Å²) in [6, 6.07) is 6.62. The lowest BCUT2D eigenvalue weighted by Gasteiger charge is -2.42. The number of carbonyl (C=O) groups excluding carboxylic acids is 1. The van der Waals surface area contributed by atoms with Gasteiger partial charge in [0.2, 0.25) is 0 Å². The Labute approximate surface area is 219 Å². The largest absolute Gasteiger partial charge is 0.416 e. The van der Waals surface area contributed by atoms with Crippen LogP contribution in [0.4, 0.5) is 19.0 Å². The Bertz CT molecular complexity index is 1390. The van der Waals surface area contributed by atoms with Crippen LogP contribution in [0.1, 0.15) is 83.9 Å². The van der Waals surface area contributed by atoms with Crippen molar-refractivity contribution in [1.29, 1.82) is 0 Å². The van der Waals surface area contributed by atoms with Crippen LogP contribution in [0.3, 0.4) is 0 Å². The number of halogens is 3. The number of rotatable bonds is 7. The topological polar surface area (TPSA) is 75.9 Å². The highest BCUT2D eigenvalue weighted by molar-refractivity contribution is 6.10. The number of nitrogens with one attached hydrogen (secondary N) is 1. The Kier molecular flexibility index (Phi) is 5.86. The molecule has 2 aromatic heterocycles. The summed E-state index contributed by atoms with van der Waals surface area (Å²) >= 11 is 0. The highest BCUT2D eigenvalue weighted by Crippen LogP contribution is 2.47. The maximum atomic E-state index is 14.1. The van der Waals surface area contributed by atoms with Gasteiger partial charge in [-0.15, -0.1) is 10.2 Å². The van der Waals surface area contributed by atoms with E-state index in [1.165, 1.54) is 11.0 Å². The van der Waals surface area contributed by atoms with Gasteiger partial charge in [0.15, 0.2) is 0 Å². The number of amides is 1. The van der Waals surface area contributed by atoms with Gasteiger partial charge in [-0.1, -0.05) is 6.42 Å². The van der Waals surface area contributed by atoms with E-state index < -0.39 is 17.6 Å². The number of nitrogens with zero attached hydrogens (tertiary/aromatic N) is 5. The maximum Gasteiger partial charge on any atom is 0.416 e. The molecule has 0 unspecified atom stereocenters. The van der Waals surface area contributed by atoms with Gasteiger partial charge in [-0.2, -0.15) is 13.2 Å². The third-order valence-corrected chi connectivity index (χ3v) is 8.83. The third kappa shape index (κ3) is 4.28. The smallest absolute Gasteiger partial charge is 0.321 e. The van der Waals surface area contributed by atoms with Gasteiger partial charge in [0.1, 0.15) is 18.0 Å². The molecular weight excluding hydrogens is 493 g/mol. The van der Waals surface area contributed by atoms with Crippen LogP contribution in [0, 0.1) is 0 Å². The Morgan fingerprint density at radius 3 is 2.47 bits per heavy atom. The predicted octanol–water partition coefficient (Wildman–Crippen LogP) is 5.09. The van der Waals surface area contributed by atoms with Crippen LogP contribution in [-0.4, -0.2) is 31.2 Å². The second kappa shape index (κ2) is 8.90. The van der Waals surface area contributed by atoms with Crippen molar-refractivity contribution in [2.75, 3.05) is 4.90 Å². The maximum absolute atomic E-state index is 14.1. The minimum atomic E-state index is -4.56. The van der Waals surface area contributed by atoms with Gasteiger partial charge in [-0.3, -0.25) is 9.69 Å². The highest BCUT2D eigenvalue weighted by atomic mass is 19.4. The quantitative estimate of drug-likeness (QED) is 0.466. The number of anilines is 1. The fraction of sp³-hybridized carbons (Fsp3) is 0.500. The summed E-state index contributed by atoms with van der Waals surface area (Å²) < 4.78 is 44.3. The predicted molar refractivity (Wildman–Crippen MR) is 136 cm³/mol. The van der Waals surface area contributed by atoms with Crippen LogP contribution in [0.2, 0.25) is 0 Å². The van der Waals surface area contributed by atoms with Crippen LogP contribution in [-0.2, 0) is 38.1 Å². The van der Waals surface area contributed by atoms with E-state index in [0.29, 0.717) is 24.3 Å². The molecule has 0 atom stereocenters. The van der Waals surface area contributed by atoms with Gasteiger partial charge in [0, 0.05) is 42.7 Å². The lowest BCUT2D eigenvalue weighted by atomic mass is 9.62. The normalized spacial score (nSPS) is 19.7. The molecule has 0 bridgehead atoms. The minimum absolute atomic E-state index is 0.0192. The molecule has 200 valence electrons. The second-order valence-electron chi connectivity index (χ2n) is 11.4. The van der Waals surface area contributed by atoms with Crippen molar-refractivity contribution in [2.45, 2.75) is 82.1 Å². The molecule has 0 radical (unpaired) electrons. The summed E-state index contributed by atoms with van der Waals surface area (Å²) in [5, 5.41) is 11.6. The lowest BCUT2D eigenvalue weighted by Crippen LogP contribution is -2.47. The summed E-state index contributed by atoms with van der Waals surface area (Å²) in [5.74, 6) is 0.810. The Hall–Kier alpha value is -3.27. The van der Waals surface area contributed by atoms with Crippen molar-refractivity contribution in [1.82, 2.24) is 25.1 Å². The van der Waals surface area contributed by atoms with Crippen molar-refractivity contribution in [3.63, 3.8) is 0 Å². The zero-order valence-electron chi connectivity index (χ0n) is 21.6. The number of fused-ring (bicyclic) bond motifs is 1. The van der Waals surface area contributed by atoms with Crippen molar-refractivity contribution >= 4 is 11.7 Å². The number of carbonyl (C=O) groups is 1. The van der Waals surface area contributed by atoms with E-state index in [0.717, 1.165) is 49.9 Å². The molecule has 1 aromatic carbocycles. The monoisotopic (exact) mass is 524 g/mol. The number of benzene rings is 1. The molecule has 1 N–H and O–H groups in total. The fourth-order valence-electron chi connectivity index (χ4n) is 6.04. The summed E-state index contributed by atoms with van der Waals surface area (Å²) in [4.78, 5) is 19.3. The first-order valence-electron chi connectivity index (χ1n) is 13.2. The molecule has 1 aliphatic heterocycles. The fourth-order valence-corrected chi connectivity index (χ4v) is 6.04. The van der Waals surface area contributed by atoms with Crippen LogP contribution < -0.4 is 10.2 Å². The number of aryl methyl sites for hydroxylation is 1. The van der Waals surface area contributed by atoms with E-state index in [1.54, 1.807) is 18.6 Å². The molecule has 2 fully saturated rings. The Morgan fingerprint density at radius 2 is 1.87 bits per heavy atom. The molecule has 0 saturated heterocycles. The van der Waals surface area contributed by atoms with Gasteiger partial charge >= 0.3 is 6.18 Å². The number of hydrogen-bond donors (Lipinski definition) is 1. The summed E-state index contributed by atoms with van der Waals surface area (Å²) in [6.07, 6.45) is 5.58. The van der Waals surface area contributed by atoms with Crippen LogP contribution >= 0.6 is 0 Å². The molecule has 3 heterocycles. The molecule has 38 heavy (non-hydrogen) atoms. The molecule has 2 saturated carbocycles. The SMILES string of the molecule is Cn1cnnc1CC1(c2ccnc(N3Cc4c(cc(CNC5(C)CCC5)cc4C(F)(F)F)C3=O)c2)CCC1. The van der Waals surface area contributed by atoms with Gasteiger partial charge in [0.05, 0.1) is 12.1 Å². The Balaban J connectivity index is 1.30. The van der Waals surface area contributed by atoms with E-state index >= 15 is 0 Å². The first-order valence-corrected chi connectivity index (χ1v) is 13.2. The van der Waals surface area contributed by atoms with Gasteiger partial charge in [-0.05, 0) is 80.0 Å². The number of hydrogen-bond acceptors (Lipinski definition) is 5. The zero-order valence-corrected chi connectivity index (χ0v) is 21.6. The molecule has 1 amide bonds. The van der Waals surface area contributed by atoms with Crippen LogP contribution in [0.15, 0.2) is 36.8 Å². The van der Waals surface area contributed by atoms with Crippen molar-refractivity contribution < 1.29 is 18.0 Å². The Morgan fingerprint density at radius 1 is 1.11 bits per heavy atom. The summed E-state index contributed by atoms with van der Waals surface area (Å²) in [7, 11) is 1.91. The zero-order chi connectivity index (χ0) is 26.7. The highest BCUT2D eigenvalue weighted by Gasteiger charge is 2.43. The van der Waals surface area contributed by atoms with Crippen LogP contribution in [0.25, 0.3) is 0 Å². The number of aromatic nitrogens is 4.